The molecule has 0 spiro atoms. The van der Waals surface area contributed by atoms with Gasteiger partial charge in [0.2, 0.25) is 0 Å². The summed E-state index contributed by atoms with van der Waals surface area (Å²) >= 11 is 6.40. The largest absolute Gasteiger partial charge is 0.493 e. The molecule has 0 atom stereocenters. The van der Waals surface area contributed by atoms with Crippen molar-refractivity contribution in [1.82, 2.24) is 0 Å². The number of aromatic carboxylic acids is 1. The number of rotatable bonds is 7. The number of hydrogen-bond donors (Lipinski definition) is 1. The van der Waals surface area contributed by atoms with Crippen molar-refractivity contribution in [3.05, 3.63) is 87.9 Å². The van der Waals surface area contributed by atoms with Crippen molar-refractivity contribution >= 4 is 29.5 Å². The fraction of sp³-hybridized carbons (Fsp3) is 0.130. The molecule has 3 aromatic carbocycles. The maximum Gasteiger partial charge on any atom is 0.335 e. The van der Waals surface area contributed by atoms with Gasteiger partial charge in [0.1, 0.15) is 6.61 Å². The second-order valence-corrected chi connectivity index (χ2v) is 6.83. The van der Waals surface area contributed by atoms with Crippen LogP contribution in [0.3, 0.4) is 0 Å². The highest BCUT2D eigenvalue weighted by molar-refractivity contribution is 6.32. The van der Waals surface area contributed by atoms with Crippen LogP contribution in [-0.2, 0) is 6.61 Å². The van der Waals surface area contributed by atoms with E-state index in [1.807, 2.05) is 31.2 Å². The normalized spacial score (nSPS) is 10.9. The van der Waals surface area contributed by atoms with E-state index in [2.05, 4.69) is 4.99 Å². The van der Waals surface area contributed by atoms with E-state index in [-0.39, 0.29) is 12.2 Å². The summed E-state index contributed by atoms with van der Waals surface area (Å²) in [6.45, 7) is 2.25. The molecule has 0 bridgehead atoms. The number of nitrogens with zero attached hydrogens (tertiary/aromatic N) is 1. The number of benzene rings is 3. The van der Waals surface area contributed by atoms with Gasteiger partial charge >= 0.3 is 5.97 Å². The lowest BCUT2D eigenvalue weighted by Gasteiger charge is -2.13. The van der Waals surface area contributed by atoms with Crippen LogP contribution in [0.1, 0.15) is 27.0 Å². The molecule has 5 nitrogen and oxygen atoms in total. The van der Waals surface area contributed by atoms with Crippen molar-refractivity contribution in [3.8, 4) is 11.5 Å². The topological polar surface area (TPSA) is 68.1 Å². The lowest BCUT2D eigenvalue weighted by atomic mass is 10.1. The Morgan fingerprint density at radius 3 is 2.41 bits per heavy atom. The first kappa shape index (κ1) is 20.4. The van der Waals surface area contributed by atoms with Crippen LogP contribution >= 0.6 is 11.6 Å². The van der Waals surface area contributed by atoms with Gasteiger partial charge < -0.3 is 14.6 Å². The van der Waals surface area contributed by atoms with Crippen LogP contribution in [0.5, 0.6) is 11.5 Å². The summed E-state index contributed by atoms with van der Waals surface area (Å²) in [4.78, 5) is 15.4. The molecule has 0 amide bonds. The smallest absolute Gasteiger partial charge is 0.335 e. The number of carbonyl (C=O) groups is 1. The van der Waals surface area contributed by atoms with Crippen LogP contribution in [0.25, 0.3) is 0 Å². The molecule has 148 valence electrons. The molecule has 0 saturated heterocycles. The second-order valence-electron chi connectivity index (χ2n) is 6.42. The van der Waals surface area contributed by atoms with Gasteiger partial charge in [0.05, 0.1) is 23.4 Å². The first-order chi connectivity index (χ1) is 14.0. The summed E-state index contributed by atoms with van der Waals surface area (Å²) in [6.07, 6.45) is 1.72. The highest BCUT2D eigenvalue weighted by Crippen LogP contribution is 2.36. The van der Waals surface area contributed by atoms with E-state index in [9.17, 15) is 4.79 Å². The molecule has 6 heteroatoms. The summed E-state index contributed by atoms with van der Waals surface area (Å²) in [7, 11) is 1.54. The third-order valence-electron chi connectivity index (χ3n) is 4.23. The lowest BCUT2D eigenvalue weighted by molar-refractivity contribution is 0.0697. The zero-order valence-corrected chi connectivity index (χ0v) is 16.8. The van der Waals surface area contributed by atoms with E-state index in [1.54, 1.807) is 37.6 Å². The molecule has 29 heavy (non-hydrogen) atoms. The number of halogens is 1. The van der Waals surface area contributed by atoms with Crippen molar-refractivity contribution in [2.75, 3.05) is 7.11 Å². The van der Waals surface area contributed by atoms with Gasteiger partial charge in [-0.1, -0.05) is 41.4 Å². The second kappa shape index (κ2) is 9.26. The molecule has 0 heterocycles. The zero-order valence-electron chi connectivity index (χ0n) is 16.1. The maximum atomic E-state index is 10.9. The van der Waals surface area contributed by atoms with E-state index < -0.39 is 5.97 Å². The van der Waals surface area contributed by atoms with E-state index in [0.717, 1.165) is 16.8 Å². The van der Waals surface area contributed by atoms with Crippen LogP contribution in [0.4, 0.5) is 5.69 Å². The maximum absolute atomic E-state index is 10.9. The Kier molecular flexibility index (Phi) is 6.52. The Morgan fingerprint density at radius 1 is 1.10 bits per heavy atom. The number of carboxylic acid groups (broad SMARTS) is 1. The quantitative estimate of drug-likeness (QED) is 0.509. The van der Waals surface area contributed by atoms with E-state index in [0.29, 0.717) is 16.5 Å². The molecule has 0 unspecified atom stereocenters. The molecule has 0 aliphatic heterocycles. The minimum Gasteiger partial charge on any atom is -0.493 e. The fourth-order valence-corrected chi connectivity index (χ4v) is 2.91. The molecule has 0 radical (unpaired) electrons. The predicted octanol–water partition coefficient (Wildman–Crippen LogP) is 5.68. The number of ether oxygens (including phenoxy) is 2. The summed E-state index contributed by atoms with van der Waals surface area (Å²) in [5.41, 5.74) is 3.84. The van der Waals surface area contributed by atoms with E-state index >= 15 is 0 Å². The van der Waals surface area contributed by atoms with Gasteiger partial charge in [0, 0.05) is 6.21 Å². The Bertz CT molecular complexity index is 1030. The molecule has 0 fully saturated rings. The molecular formula is C23H20ClNO4. The van der Waals surface area contributed by atoms with Crippen molar-refractivity contribution < 1.29 is 19.4 Å². The van der Waals surface area contributed by atoms with Gasteiger partial charge in [-0.3, -0.25) is 4.99 Å². The van der Waals surface area contributed by atoms with Crippen LogP contribution in [0.2, 0.25) is 5.02 Å². The average molecular weight is 410 g/mol. The van der Waals surface area contributed by atoms with Gasteiger partial charge in [0.25, 0.3) is 0 Å². The Morgan fingerprint density at radius 2 is 1.79 bits per heavy atom. The Labute approximate surface area is 174 Å². The number of hydrogen-bond acceptors (Lipinski definition) is 4. The van der Waals surface area contributed by atoms with Crippen molar-refractivity contribution in [1.29, 1.82) is 0 Å². The van der Waals surface area contributed by atoms with Gasteiger partial charge in [0.15, 0.2) is 11.5 Å². The highest BCUT2D eigenvalue weighted by atomic mass is 35.5. The highest BCUT2D eigenvalue weighted by Gasteiger charge is 2.12. The third kappa shape index (κ3) is 5.36. The van der Waals surface area contributed by atoms with Gasteiger partial charge in [-0.25, -0.2) is 4.79 Å². The molecule has 0 aliphatic carbocycles. The summed E-state index contributed by atoms with van der Waals surface area (Å²) in [6, 6.07) is 17.9. The van der Waals surface area contributed by atoms with Gasteiger partial charge in [-0.2, -0.15) is 0 Å². The van der Waals surface area contributed by atoms with Crippen LogP contribution < -0.4 is 9.47 Å². The van der Waals surface area contributed by atoms with Crippen LogP contribution in [-0.4, -0.2) is 24.4 Å². The Balaban J connectivity index is 1.75. The van der Waals surface area contributed by atoms with Crippen molar-refractivity contribution in [2.45, 2.75) is 13.5 Å². The standard InChI is InChI=1S/C23H20ClNO4/c1-15-3-9-19(10-4-15)25-13-17-11-20(24)22(21(12-17)28-2)29-14-16-5-7-18(8-6-16)23(26)27/h3-13H,14H2,1-2H3,(H,26,27). The average Bonchev–Trinajstić information content (AvgIpc) is 2.72. The van der Waals surface area contributed by atoms with Gasteiger partial charge in [-0.15, -0.1) is 0 Å². The summed E-state index contributed by atoms with van der Waals surface area (Å²) in [5.74, 6) is -0.0564. The minimum atomic E-state index is -0.968. The number of aryl methyl sites for hydroxylation is 1. The minimum absolute atomic E-state index is 0.224. The van der Waals surface area contributed by atoms with Crippen molar-refractivity contribution in [2.24, 2.45) is 4.99 Å². The number of methoxy groups -OCH3 is 1. The first-order valence-corrected chi connectivity index (χ1v) is 9.27. The van der Waals surface area contributed by atoms with Gasteiger partial charge in [-0.05, 0) is 54.4 Å². The van der Waals surface area contributed by atoms with E-state index in [4.69, 9.17) is 26.2 Å². The van der Waals surface area contributed by atoms with Crippen molar-refractivity contribution in [3.63, 3.8) is 0 Å². The monoisotopic (exact) mass is 409 g/mol. The molecular weight excluding hydrogens is 390 g/mol. The number of aliphatic imine (C=N–C) groups is 1. The van der Waals surface area contributed by atoms with Crippen LogP contribution in [0, 0.1) is 6.92 Å². The number of carboxylic acids is 1. The first-order valence-electron chi connectivity index (χ1n) is 8.89. The summed E-state index contributed by atoms with van der Waals surface area (Å²) < 4.78 is 11.3. The molecule has 0 saturated carbocycles. The molecule has 3 rings (SSSR count). The molecule has 3 aromatic rings. The molecule has 0 aliphatic rings. The molecule has 1 N–H and O–H groups in total. The Hall–Kier alpha value is -3.31. The fourth-order valence-electron chi connectivity index (χ4n) is 2.63. The molecule has 0 aromatic heterocycles. The van der Waals surface area contributed by atoms with Crippen LogP contribution in [0.15, 0.2) is 65.7 Å². The SMILES string of the molecule is COc1cc(C=Nc2ccc(C)cc2)cc(Cl)c1OCc1ccc(C(=O)O)cc1. The van der Waals surface area contributed by atoms with E-state index in [1.165, 1.54) is 17.7 Å². The zero-order chi connectivity index (χ0) is 20.8. The predicted molar refractivity (Wildman–Crippen MR) is 114 cm³/mol. The lowest BCUT2D eigenvalue weighted by Crippen LogP contribution is -2.01. The third-order valence-corrected chi connectivity index (χ3v) is 4.51. The summed E-state index contributed by atoms with van der Waals surface area (Å²) in [5, 5.41) is 9.37.